The lowest BCUT2D eigenvalue weighted by atomic mass is 9.93. The molecule has 0 aliphatic carbocycles. The minimum absolute atomic E-state index is 0.337. The van der Waals surface area contributed by atoms with Crippen molar-refractivity contribution in [1.29, 1.82) is 0 Å². The van der Waals surface area contributed by atoms with Gasteiger partial charge >= 0.3 is 5.97 Å². The second-order valence-electron chi connectivity index (χ2n) is 7.44. The number of methoxy groups -OCH3 is 1. The number of rotatable bonds is 8. The number of hydrogen-bond donors (Lipinski definition) is 0. The summed E-state index contributed by atoms with van der Waals surface area (Å²) in [5.41, 5.74) is 5.46. The summed E-state index contributed by atoms with van der Waals surface area (Å²) in [6.45, 7) is 4.88. The van der Waals surface area contributed by atoms with Gasteiger partial charge in [-0.1, -0.05) is 68.4 Å². The van der Waals surface area contributed by atoms with E-state index in [1.165, 1.54) is 23.8 Å². The first-order chi connectivity index (χ1) is 14.1. The average molecular weight is 389 g/mol. The number of para-hydroxylation sites is 1. The van der Waals surface area contributed by atoms with Crippen LogP contribution in [0.3, 0.4) is 0 Å². The lowest BCUT2D eigenvalue weighted by Gasteiger charge is -2.15. The average Bonchev–Trinajstić information content (AvgIpc) is 2.76. The van der Waals surface area contributed by atoms with Crippen LogP contribution in [0.1, 0.15) is 52.4 Å². The largest absolute Gasteiger partial charge is 0.489 e. The van der Waals surface area contributed by atoms with Crippen LogP contribution in [-0.4, -0.2) is 13.1 Å². The third-order valence-corrected chi connectivity index (χ3v) is 5.06. The third kappa shape index (κ3) is 5.47. The van der Waals surface area contributed by atoms with E-state index in [2.05, 4.69) is 50.2 Å². The summed E-state index contributed by atoms with van der Waals surface area (Å²) < 4.78 is 10.9. The lowest BCUT2D eigenvalue weighted by Crippen LogP contribution is -2.04. The Bertz CT molecular complexity index is 959. The minimum Gasteiger partial charge on any atom is -0.489 e. The first-order valence-electron chi connectivity index (χ1n) is 10.0. The summed E-state index contributed by atoms with van der Waals surface area (Å²) in [4.78, 5) is 11.7. The molecule has 29 heavy (non-hydrogen) atoms. The zero-order valence-electron chi connectivity index (χ0n) is 17.4. The molecule has 0 heterocycles. The van der Waals surface area contributed by atoms with E-state index in [0.29, 0.717) is 18.1 Å². The Balaban J connectivity index is 1.69. The SMILES string of the molecule is COC(=O)c1cccc(COc2ccccc2CCc2ccccc2C(C)C)c1. The number of benzene rings is 3. The molecule has 3 aromatic carbocycles. The Labute approximate surface area is 173 Å². The van der Waals surface area contributed by atoms with Crippen LogP contribution < -0.4 is 4.74 Å². The Morgan fingerprint density at radius 1 is 0.862 bits per heavy atom. The molecular weight excluding hydrogens is 360 g/mol. The molecule has 0 aliphatic heterocycles. The first-order valence-corrected chi connectivity index (χ1v) is 10.0. The molecule has 0 saturated carbocycles. The van der Waals surface area contributed by atoms with Crippen molar-refractivity contribution in [2.75, 3.05) is 7.11 Å². The van der Waals surface area contributed by atoms with Crippen molar-refractivity contribution < 1.29 is 14.3 Å². The molecule has 0 aliphatic rings. The van der Waals surface area contributed by atoms with Gasteiger partial charge in [0, 0.05) is 0 Å². The van der Waals surface area contributed by atoms with E-state index in [1.54, 1.807) is 6.07 Å². The summed E-state index contributed by atoms with van der Waals surface area (Å²) in [5.74, 6) is 1.06. The molecule has 0 fully saturated rings. The number of ether oxygens (including phenoxy) is 2. The Hall–Kier alpha value is -3.07. The molecule has 0 N–H and O–H groups in total. The Morgan fingerprint density at radius 3 is 2.31 bits per heavy atom. The molecule has 0 saturated heterocycles. The van der Waals surface area contributed by atoms with Crippen LogP contribution in [0.4, 0.5) is 0 Å². The lowest BCUT2D eigenvalue weighted by molar-refractivity contribution is 0.0600. The maximum atomic E-state index is 11.7. The second kappa shape index (κ2) is 9.92. The quantitative estimate of drug-likeness (QED) is 0.447. The molecule has 0 aromatic heterocycles. The maximum absolute atomic E-state index is 11.7. The van der Waals surface area contributed by atoms with Crippen LogP contribution in [0, 0.1) is 0 Å². The highest BCUT2D eigenvalue weighted by Crippen LogP contribution is 2.24. The highest BCUT2D eigenvalue weighted by molar-refractivity contribution is 5.89. The predicted octanol–water partition coefficient (Wildman–Crippen LogP) is 5.96. The summed E-state index contributed by atoms with van der Waals surface area (Å²) in [7, 11) is 1.39. The van der Waals surface area contributed by atoms with Gasteiger partial charge in [0.05, 0.1) is 12.7 Å². The van der Waals surface area contributed by atoms with E-state index < -0.39 is 0 Å². The summed E-state index contributed by atoms with van der Waals surface area (Å²) in [6.07, 6.45) is 1.90. The van der Waals surface area contributed by atoms with Crippen molar-refractivity contribution in [1.82, 2.24) is 0 Å². The molecular formula is C26H28O3. The fourth-order valence-electron chi connectivity index (χ4n) is 3.51. The van der Waals surface area contributed by atoms with E-state index in [9.17, 15) is 4.79 Å². The number of carbonyl (C=O) groups is 1. The van der Waals surface area contributed by atoms with E-state index in [4.69, 9.17) is 9.47 Å². The standard InChI is InChI=1S/C26H28O3/c1-19(2)24-13-6-4-10-21(24)15-16-22-11-5-7-14-25(22)29-18-20-9-8-12-23(17-20)26(27)28-3/h4-14,17,19H,15-16,18H2,1-3H3. The molecule has 3 heteroatoms. The van der Waals surface area contributed by atoms with E-state index in [-0.39, 0.29) is 5.97 Å². The normalized spacial score (nSPS) is 10.8. The van der Waals surface area contributed by atoms with Gasteiger partial charge in [0.15, 0.2) is 0 Å². The molecule has 150 valence electrons. The molecule has 3 nitrogen and oxygen atoms in total. The van der Waals surface area contributed by atoms with E-state index in [0.717, 1.165) is 24.2 Å². The van der Waals surface area contributed by atoms with Crippen molar-refractivity contribution in [3.05, 3.63) is 101 Å². The smallest absolute Gasteiger partial charge is 0.337 e. The van der Waals surface area contributed by atoms with Crippen LogP contribution in [0.15, 0.2) is 72.8 Å². The molecule has 0 radical (unpaired) electrons. The second-order valence-corrected chi connectivity index (χ2v) is 7.44. The highest BCUT2D eigenvalue weighted by Gasteiger charge is 2.10. The van der Waals surface area contributed by atoms with Gasteiger partial charge in [0.1, 0.15) is 12.4 Å². The van der Waals surface area contributed by atoms with Gasteiger partial charge in [0.25, 0.3) is 0 Å². The van der Waals surface area contributed by atoms with E-state index >= 15 is 0 Å². The monoisotopic (exact) mass is 388 g/mol. The van der Waals surface area contributed by atoms with Crippen molar-refractivity contribution in [2.24, 2.45) is 0 Å². The number of esters is 1. The van der Waals surface area contributed by atoms with Gasteiger partial charge in [-0.3, -0.25) is 0 Å². The third-order valence-electron chi connectivity index (χ3n) is 5.06. The topological polar surface area (TPSA) is 35.5 Å². The first kappa shape index (κ1) is 20.7. The summed E-state index contributed by atoms with van der Waals surface area (Å²) in [6, 6.07) is 24.2. The van der Waals surface area contributed by atoms with E-state index in [1.807, 2.05) is 30.3 Å². The predicted molar refractivity (Wildman–Crippen MR) is 116 cm³/mol. The number of aryl methyl sites for hydroxylation is 2. The van der Waals surface area contributed by atoms with Crippen LogP contribution in [0.5, 0.6) is 5.75 Å². The molecule has 0 unspecified atom stereocenters. The fourth-order valence-corrected chi connectivity index (χ4v) is 3.51. The number of hydrogen-bond acceptors (Lipinski definition) is 3. The van der Waals surface area contributed by atoms with Crippen LogP contribution in [0.25, 0.3) is 0 Å². The molecule has 0 atom stereocenters. The van der Waals surface area contributed by atoms with Gasteiger partial charge in [0.2, 0.25) is 0 Å². The summed E-state index contributed by atoms with van der Waals surface area (Å²) >= 11 is 0. The van der Waals surface area contributed by atoms with Crippen LogP contribution in [0.2, 0.25) is 0 Å². The van der Waals surface area contributed by atoms with Crippen LogP contribution >= 0.6 is 0 Å². The van der Waals surface area contributed by atoms with Crippen LogP contribution in [-0.2, 0) is 24.2 Å². The Kier molecular flexibility index (Phi) is 7.07. The molecule has 3 rings (SSSR count). The number of carbonyl (C=O) groups excluding carboxylic acids is 1. The maximum Gasteiger partial charge on any atom is 0.337 e. The van der Waals surface area contributed by atoms with Crippen molar-refractivity contribution in [3.8, 4) is 5.75 Å². The van der Waals surface area contributed by atoms with Crippen molar-refractivity contribution in [2.45, 2.75) is 39.2 Å². The zero-order valence-corrected chi connectivity index (χ0v) is 17.4. The van der Waals surface area contributed by atoms with Crippen molar-refractivity contribution in [3.63, 3.8) is 0 Å². The molecule has 0 spiro atoms. The molecule has 0 bridgehead atoms. The van der Waals surface area contributed by atoms with Gasteiger partial charge in [-0.2, -0.15) is 0 Å². The zero-order chi connectivity index (χ0) is 20.6. The van der Waals surface area contributed by atoms with Crippen molar-refractivity contribution >= 4 is 5.97 Å². The molecule has 0 amide bonds. The minimum atomic E-state index is -0.337. The van der Waals surface area contributed by atoms with Gasteiger partial charge in [-0.05, 0) is 59.2 Å². The summed E-state index contributed by atoms with van der Waals surface area (Å²) in [5, 5.41) is 0. The molecule has 3 aromatic rings. The van der Waals surface area contributed by atoms with Gasteiger partial charge < -0.3 is 9.47 Å². The highest BCUT2D eigenvalue weighted by atomic mass is 16.5. The van der Waals surface area contributed by atoms with Gasteiger partial charge in [-0.25, -0.2) is 4.79 Å². The van der Waals surface area contributed by atoms with Gasteiger partial charge in [-0.15, -0.1) is 0 Å². The Morgan fingerprint density at radius 2 is 1.55 bits per heavy atom. The fraction of sp³-hybridized carbons (Fsp3) is 0.269.